The Balaban J connectivity index is 3.36. The smallest absolute Gasteiger partial charge is 0.408 e. The summed E-state index contributed by atoms with van der Waals surface area (Å²) in [6, 6.07) is 4.75. The second kappa shape index (κ2) is 18.2. The van der Waals surface area contributed by atoms with Gasteiger partial charge in [0.1, 0.15) is 17.7 Å². The predicted molar refractivity (Wildman–Crippen MR) is 159 cm³/mol. The van der Waals surface area contributed by atoms with Crippen molar-refractivity contribution < 1.29 is 28.7 Å². The number of carbonyl (C=O) groups excluding carboxylic acids is 4. The van der Waals surface area contributed by atoms with E-state index >= 15 is 0 Å². The van der Waals surface area contributed by atoms with Gasteiger partial charge in [0.2, 0.25) is 11.8 Å². The zero-order valence-corrected chi connectivity index (χ0v) is 25.4. The number of ether oxygens (including phenoxy) is 2. The third kappa shape index (κ3) is 12.8. The average Bonchev–Trinajstić information content (AvgIpc) is 2.90. The zero-order chi connectivity index (χ0) is 30.1. The number of alkyl carbamates (subject to hydrolysis) is 1. The van der Waals surface area contributed by atoms with Crippen molar-refractivity contribution in [2.24, 2.45) is 0 Å². The van der Waals surface area contributed by atoms with Gasteiger partial charge in [-0.15, -0.1) is 6.42 Å². The van der Waals surface area contributed by atoms with Crippen molar-refractivity contribution in [1.29, 1.82) is 0 Å². The number of nitrogens with one attached hydrogen (secondary N) is 2. The molecule has 0 saturated heterocycles. The predicted octanol–water partition coefficient (Wildman–Crippen LogP) is 4.40. The number of terminal acetylenes is 1. The molecule has 1 rings (SSSR count). The lowest BCUT2D eigenvalue weighted by molar-refractivity contribution is -0.144. The van der Waals surface area contributed by atoms with Crippen molar-refractivity contribution in [3.05, 3.63) is 35.4 Å². The van der Waals surface area contributed by atoms with Crippen LogP contribution in [0, 0.1) is 12.3 Å². The van der Waals surface area contributed by atoms with E-state index in [0.29, 0.717) is 17.5 Å². The fourth-order valence-corrected chi connectivity index (χ4v) is 4.19. The molecule has 0 aliphatic heterocycles. The van der Waals surface area contributed by atoms with Gasteiger partial charge in [0.05, 0.1) is 13.0 Å². The molecule has 0 bridgehead atoms. The van der Waals surface area contributed by atoms with Gasteiger partial charge >= 0.3 is 12.1 Å². The number of amides is 3. The highest BCUT2D eigenvalue weighted by Gasteiger charge is 2.35. The number of hydrogen-bond acceptors (Lipinski definition) is 7. The van der Waals surface area contributed by atoms with Crippen LogP contribution in [-0.4, -0.2) is 65.9 Å². The van der Waals surface area contributed by atoms with Crippen LogP contribution in [-0.2, 0) is 23.9 Å². The van der Waals surface area contributed by atoms with Crippen molar-refractivity contribution in [3.63, 3.8) is 0 Å². The first-order chi connectivity index (χ1) is 19.0. The summed E-state index contributed by atoms with van der Waals surface area (Å²) >= 11 is 4.31. The van der Waals surface area contributed by atoms with Crippen LogP contribution in [0.15, 0.2) is 24.3 Å². The highest BCUT2D eigenvalue weighted by Crippen LogP contribution is 2.24. The fourth-order valence-electron chi connectivity index (χ4n) is 3.94. The average molecular weight is 576 g/mol. The number of unbranched alkanes of at least 4 members (excludes halogenated alkanes) is 4. The Labute approximate surface area is 244 Å². The normalized spacial score (nSPS) is 12.4. The molecule has 0 radical (unpaired) electrons. The number of hydrogen-bond donors (Lipinski definition) is 3. The van der Waals surface area contributed by atoms with Crippen molar-refractivity contribution in [3.8, 4) is 12.3 Å². The maximum absolute atomic E-state index is 13.9. The summed E-state index contributed by atoms with van der Waals surface area (Å²) in [7, 11) is 0. The molecule has 0 spiro atoms. The molecule has 40 heavy (non-hydrogen) atoms. The van der Waals surface area contributed by atoms with Crippen LogP contribution in [0.3, 0.4) is 0 Å². The molecule has 0 fully saturated rings. The SMILES string of the molecule is C#Cc1ccc(C(C(=O)NCCC(=O)OCC)N(CCCCCCC)C(=O)C(CS)NC(=O)OC(C)(C)C)cc1. The van der Waals surface area contributed by atoms with Crippen molar-refractivity contribution in [1.82, 2.24) is 15.5 Å². The zero-order valence-electron chi connectivity index (χ0n) is 24.5. The molecule has 3 amide bonds. The summed E-state index contributed by atoms with van der Waals surface area (Å²) < 4.78 is 10.3. The second-order valence-corrected chi connectivity index (χ2v) is 10.7. The van der Waals surface area contributed by atoms with Gasteiger partial charge in [-0.2, -0.15) is 12.6 Å². The van der Waals surface area contributed by atoms with Gasteiger partial charge in [-0.1, -0.05) is 50.7 Å². The monoisotopic (exact) mass is 575 g/mol. The third-order valence-corrected chi connectivity index (χ3v) is 6.21. The fraction of sp³-hybridized carbons (Fsp3) is 0.600. The van der Waals surface area contributed by atoms with Gasteiger partial charge in [0, 0.05) is 24.4 Å². The maximum Gasteiger partial charge on any atom is 0.408 e. The molecule has 222 valence electrons. The van der Waals surface area contributed by atoms with E-state index in [1.165, 1.54) is 4.90 Å². The van der Waals surface area contributed by atoms with Gasteiger partial charge in [0.25, 0.3) is 0 Å². The lowest BCUT2D eigenvalue weighted by Gasteiger charge is -2.34. The molecule has 2 atom stereocenters. The molecule has 9 nitrogen and oxygen atoms in total. The molecule has 0 aromatic heterocycles. The maximum atomic E-state index is 13.9. The number of nitrogens with zero attached hydrogens (tertiary/aromatic N) is 1. The van der Waals surface area contributed by atoms with Crippen LogP contribution in [0.1, 0.15) is 90.3 Å². The van der Waals surface area contributed by atoms with E-state index in [2.05, 4.69) is 36.1 Å². The quantitative estimate of drug-likeness (QED) is 0.117. The molecule has 0 saturated carbocycles. The number of benzene rings is 1. The summed E-state index contributed by atoms with van der Waals surface area (Å²) in [6.07, 6.45) is 9.42. The Bertz CT molecular complexity index is 1000. The van der Waals surface area contributed by atoms with Gasteiger partial charge in [-0.3, -0.25) is 14.4 Å². The Hall–Kier alpha value is -3.19. The Kier molecular flexibility index (Phi) is 15.9. The molecule has 10 heteroatoms. The molecule has 2 N–H and O–H groups in total. The number of esters is 1. The molecular formula is C30H45N3O6S. The number of carbonyl (C=O) groups is 4. The Morgan fingerprint density at radius 1 is 1.05 bits per heavy atom. The highest BCUT2D eigenvalue weighted by molar-refractivity contribution is 7.80. The molecule has 0 heterocycles. The minimum Gasteiger partial charge on any atom is -0.466 e. The minimum absolute atomic E-state index is 0.00234. The number of rotatable bonds is 16. The van der Waals surface area contributed by atoms with E-state index in [0.717, 1.165) is 25.7 Å². The first-order valence-electron chi connectivity index (χ1n) is 13.9. The number of thiol groups is 1. The van der Waals surface area contributed by atoms with Gasteiger partial charge in [-0.25, -0.2) is 4.79 Å². The second-order valence-electron chi connectivity index (χ2n) is 10.3. The summed E-state index contributed by atoms with van der Waals surface area (Å²) in [6.45, 7) is 9.56. The van der Waals surface area contributed by atoms with Gasteiger partial charge in [-0.05, 0) is 51.8 Å². The lowest BCUT2D eigenvalue weighted by atomic mass is 10.0. The Morgan fingerprint density at radius 3 is 2.25 bits per heavy atom. The van der Waals surface area contributed by atoms with Crippen molar-refractivity contribution in [2.75, 3.05) is 25.4 Å². The lowest BCUT2D eigenvalue weighted by Crippen LogP contribution is -2.54. The minimum atomic E-state index is -1.03. The summed E-state index contributed by atoms with van der Waals surface area (Å²) in [4.78, 5) is 53.3. The summed E-state index contributed by atoms with van der Waals surface area (Å²) in [5.74, 6) is 1.18. The van der Waals surface area contributed by atoms with Crippen molar-refractivity contribution >= 4 is 36.5 Å². The molecule has 2 unspecified atom stereocenters. The van der Waals surface area contributed by atoms with Crippen LogP contribution >= 0.6 is 12.6 Å². The van der Waals surface area contributed by atoms with Gasteiger partial charge < -0.3 is 25.0 Å². The van der Waals surface area contributed by atoms with Crippen LogP contribution in [0.5, 0.6) is 0 Å². The van der Waals surface area contributed by atoms with Crippen LogP contribution in [0.25, 0.3) is 0 Å². The highest BCUT2D eigenvalue weighted by atomic mass is 32.1. The molecular weight excluding hydrogens is 530 g/mol. The van der Waals surface area contributed by atoms with E-state index in [4.69, 9.17) is 15.9 Å². The van der Waals surface area contributed by atoms with Crippen molar-refractivity contribution in [2.45, 2.75) is 90.8 Å². The standard InChI is InChI=1S/C30H45N3O6S/c1-7-10-11-12-13-20-33(28(36)24(21-40)32-29(37)39-30(4,5)6)26(23-16-14-22(8-2)15-17-23)27(35)31-19-18-25(34)38-9-3/h2,14-17,24,26,40H,7,9-13,18-21H2,1,3-6H3,(H,31,35)(H,32,37). The molecule has 1 aromatic carbocycles. The van der Waals surface area contributed by atoms with Crippen LogP contribution in [0.4, 0.5) is 4.79 Å². The van der Waals surface area contributed by atoms with E-state index in [-0.39, 0.29) is 31.9 Å². The first-order valence-corrected chi connectivity index (χ1v) is 14.5. The molecule has 1 aromatic rings. The van der Waals surface area contributed by atoms with E-state index in [1.54, 1.807) is 52.0 Å². The summed E-state index contributed by atoms with van der Waals surface area (Å²) in [5, 5.41) is 5.37. The topological polar surface area (TPSA) is 114 Å². The van der Waals surface area contributed by atoms with E-state index in [1.807, 2.05) is 0 Å². The van der Waals surface area contributed by atoms with E-state index in [9.17, 15) is 19.2 Å². The Morgan fingerprint density at radius 2 is 1.70 bits per heavy atom. The molecule has 0 aliphatic carbocycles. The van der Waals surface area contributed by atoms with Gasteiger partial charge in [0.15, 0.2) is 0 Å². The first kappa shape index (κ1) is 34.8. The van der Waals surface area contributed by atoms with E-state index < -0.39 is 41.6 Å². The van der Waals surface area contributed by atoms with Crippen LogP contribution < -0.4 is 10.6 Å². The largest absolute Gasteiger partial charge is 0.466 e. The third-order valence-electron chi connectivity index (χ3n) is 5.84. The van der Waals surface area contributed by atoms with Crippen LogP contribution in [0.2, 0.25) is 0 Å². The summed E-state index contributed by atoms with van der Waals surface area (Å²) in [5.41, 5.74) is 0.417. The molecule has 0 aliphatic rings.